The molecule has 0 fully saturated rings. The standard InChI is InChI=1S/C12H18N4/c1-9(2)7-10-5-6-11(16-15-10)14-12(3,4)8-13/h5-6,9H,7H2,1-4H3,(H,14,16). The van der Waals surface area contributed by atoms with E-state index in [0.717, 1.165) is 12.1 Å². The topological polar surface area (TPSA) is 61.6 Å². The molecule has 0 aliphatic carbocycles. The van der Waals surface area contributed by atoms with Crippen molar-refractivity contribution in [3.63, 3.8) is 0 Å². The van der Waals surface area contributed by atoms with Crippen molar-refractivity contribution in [2.75, 3.05) is 5.32 Å². The molecule has 1 aromatic rings. The highest BCUT2D eigenvalue weighted by Gasteiger charge is 2.16. The fourth-order valence-corrected chi connectivity index (χ4v) is 1.30. The second-order valence-electron chi connectivity index (χ2n) is 4.87. The van der Waals surface area contributed by atoms with Crippen molar-refractivity contribution >= 4 is 5.82 Å². The Morgan fingerprint density at radius 1 is 1.38 bits per heavy atom. The highest BCUT2D eigenvalue weighted by Crippen LogP contribution is 2.12. The number of nitriles is 1. The van der Waals surface area contributed by atoms with E-state index in [1.165, 1.54) is 0 Å². The number of aromatic nitrogens is 2. The Labute approximate surface area is 96.7 Å². The molecule has 0 atom stereocenters. The van der Waals surface area contributed by atoms with Gasteiger partial charge < -0.3 is 5.32 Å². The molecule has 0 spiro atoms. The van der Waals surface area contributed by atoms with Crippen molar-refractivity contribution in [3.8, 4) is 6.07 Å². The van der Waals surface area contributed by atoms with Gasteiger partial charge in [-0.15, -0.1) is 5.10 Å². The second-order valence-corrected chi connectivity index (χ2v) is 4.87. The van der Waals surface area contributed by atoms with Crippen LogP contribution in [0.4, 0.5) is 5.82 Å². The number of nitrogens with zero attached hydrogens (tertiary/aromatic N) is 3. The lowest BCUT2D eigenvalue weighted by atomic mass is 10.1. The van der Waals surface area contributed by atoms with Crippen molar-refractivity contribution in [3.05, 3.63) is 17.8 Å². The first-order valence-corrected chi connectivity index (χ1v) is 5.45. The molecule has 0 saturated heterocycles. The first-order valence-electron chi connectivity index (χ1n) is 5.45. The summed E-state index contributed by atoms with van der Waals surface area (Å²) in [6.07, 6.45) is 0.926. The van der Waals surface area contributed by atoms with Crippen LogP contribution in [0.1, 0.15) is 33.4 Å². The van der Waals surface area contributed by atoms with Gasteiger partial charge in [-0.05, 0) is 38.3 Å². The molecular weight excluding hydrogens is 200 g/mol. The lowest BCUT2D eigenvalue weighted by Crippen LogP contribution is -2.29. The van der Waals surface area contributed by atoms with Crippen LogP contribution >= 0.6 is 0 Å². The maximum Gasteiger partial charge on any atom is 0.149 e. The fourth-order valence-electron chi connectivity index (χ4n) is 1.30. The lowest BCUT2D eigenvalue weighted by molar-refractivity contribution is 0.627. The van der Waals surface area contributed by atoms with Gasteiger partial charge in [0.2, 0.25) is 0 Å². The first kappa shape index (κ1) is 12.4. The maximum absolute atomic E-state index is 8.87. The summed E-state index contributed by atoms with van der Waals surface area (Å²) < 4.78 is 0. The summed E-state index contributed by atoms with van der Waals surface area (Å²) >= 11 is 0. The first-order chi connectivity index (χ1) is 7.43. The van der Waals surface area contributed by atoms with Gasteiger partial charge in [0.1, 0.15) is 11.4 Å². The van der Waals surface area contributed by atoms with Crippen LogP contribution in [-0.4, -0.2) is 15.7 Å². The zero-order chi connectivity index (χ0) is 12.2. The third-order valence-electron chi connectivity index (χ3n) is 2.06. The zero-order valence-electron chi connectivity index (χ0n) is 10.3. The summed E-state index contributed by atoms with van der Waals surface area (Å²) in [5.74, 6) is 1.21. The molecule has 0 amide bonds. The Kier molecular flexibility index (Phi) is 3.83. The smallest absolute Gasteiger partial charge is 0.149 e. The van der Waals surface area contributed by atoms with E-state index in [-0.39, 0.29) is 0 Å². The van der Waals surface area contributed by atoms with Crippen LogP contribution in [0.3, 0.4) is 0 Å². The summed E-state index contributed by atoms with van der Waals surface area (Å²) in [6.45, 7) is 7.90. The molecule has 0 aliphatic rings. The van der Waals surface area contributed by atoms with Crippen LogP contribution in [0, 0.1) is 17.2 Å². The van der Waals surface area contributed by atoms with Gasteiger partial charge in [-0.25, -0.2) is 0 Å². The maximum atomic E-state index is 8.87. The highest BCUT2D eigenvalue weighted by atomic mass is 15.2. The average molecular weight is 218 g/mol. The van der Waals surface area contributed by atoms with Crippen LogP contribution in [-0.2, 0) is 6.42 Å². The summed E-state index contributed by atoms with van der Waals surface area (Å²) in [4.78, 5) is 0. The second kappa shape index (κ2) is 4.93. The largest absolute Gasteiger partial charge is 0.351 e. The quantitative estimate of drug-likeness (QED) is 0.842. The van der Waals surface area contributed by atoms with Gasteiger partial charge in [0.15, 0.2) is 0 Å². The van der Waals surface area contributed by atoms with Crippen LogP contribution in [0.5, 0.6) is 0 Å². The number of nitrogens with one attached hydrogen (secondary N) is 1. The molecule has 0 saturated carbocycles. The highest BCUT2D eigenvalue weighted by molar-refractivity contribution is 5.38. The fraction of sp³-hybridized carbons (Fsp3) is 0.583. The van der Waals surface area contributed by atoms with E-state index in [1.54, 1.807) is 13.8 Å². The van der Waals surface area contributed by atoms with Gasteiger partial charge in [-0.2, -0.15) is 10.4 Å². The number of rotatable bonds is 4. The average Bonchev–Trinajstić information content (AvgIpc) is 2.20. The Morgan fingerprint density at radius 3 is 2.50 bits per heavy atom. The predicted molar refractivity (Wildman–Crippen MR) is 63.9 cm³/mol. The summed E-state index contributed by atoms with van der Waals surface area (Å²) in [7, 11) is 0. The van der Waals surface area contributed by atoms with Crippen LogP contribution in [0.25, 0.3) is 0 Å². The molecule has 0 unspecified atom stereocenters. The zero-order valence-corrected chi connectivity index (χ0v) is 10.3. The molecule has 16 heavy (non-hydrogen) atoms. The minimum Gasteiger partial charge on any atom is -0.351 e. The van der Waals surface area contributed by atoms with E-state index >= 15 is 0 Å². The van der Waals surface area contributed by atoms with E-state index in [1.807, 2.05) is 12.1 Å². The minimum absolute atomic E-state index is 0.573. The molecule has 0 radical (unpaired) electrons. The molecule has 4 nitrogen and oxygen atoms in total. The molecule has 1 heterocycles. The Morgan fingerprint density at radius 2 is 2.06 bits per heavy atom. The number of hydrogen-bond donors (Lipinski definition) is 1. The van der Waals surface area contributed by atoms with Crippen LogP contribution in [0.15, 0.2) is 12.1 Å². The lowest BCUT2D eigenvalue weighted by Gasteiger charge is -2.17. The van der Waals surface area contributed by atoms with Gasteiger partial charge >= 0.3 is 0 Å². The van der Waals surface area contributed by atoms with Gasteiger partial charge in [0.05, 0.1) is 11.8 Å². The van der Waals surface area contributed by atoms with E-state index in [0.29, 0.717) is 11.7 Å². The van der Waals surface area contributed by atoms with E-state index < -0.39 is 5.54 Å². The molecule has 0 bridgehead atoms. The molecule has 1 aromatic heterocycles. The summed E-state index contributed by atoms with van der Waals surface area (Å²) in [5, 5.41) is 20.1. The third-order valence-corrected chi connectivity index (χ3v) is 2.06. The Balaban J connectivity index is 2.69. The summed E-state index contributed by atoms with van der Waals surface area (Å²) in [6, 6.07) is 5.97. The number of anilines is 1. The van der Waals surface area contributed by atoms with Gasteiger partial charge in [0, 0.05) is 0 Å². The monoisotopic (exact) mass is 218 g/mol. The molecule has 1 rings (SSSR count). The third kappa shape index (κ3) is 3.85. The van der Waals surface area contributed by atoms with Gasteiger partial charge in [-0.3, -0.25) is 0 Å². The van der Waals surface area contributed by atoms with Crippen molar-refractivity contribution in [2.24, 2.45) is 5.92 Å². The molecule has 86 valence electrons. The van der Waals surface area contributed by atoms with Crippen molar-refractivity contribution in [2.45, 2.75) is 39.7 Å². The predicted octanol–water partition coefficient (Wildman–Crippen LogP) is 2.39. The SMILES string of the molecule is CC(C)Cc1ccc(NC(C)(C)C#N)nn1. The van der Waals surface area contributed by atoms with E-state index in [2.05, 4.69) is 35.4 Å². The Bertz CT molecular complexity index is 373. The molecule has 1 N–H and O–H groups in total. The Hall–Kier alpha value is -1.63. The van der Waals surface area contributed by atoms with Crippen molar-refractivity contribution < 1.29 is 0 Å². The van der Waals surface area contributed by atoms with Gasteiger partial charge in [-0.1, -0.05) is 13.8 Å². The van der Waals surface area contributed by atoms with Crippen LogP contribution < -0.4 is 5.32 Å². The molecular formula is C12H18N4. The van der Waals surface area contributed by atoms with Crippen molar-refractivity contribution in [1.29, 1.82) is 5.26 Å². The normalized spacial score (nSPS) is 11.2. The number of hydrogen-bond acceptors (Lipinski definition) is 4. The van der Waals surface area contributed by atoms with Gasteiger partial charge in [0.25, 0.3) is 0 Å². The molecule has 4 heteroatoms. The summed E-state index contributed by atoms with van der Waals surface area (Å²) in [5.41, 5.74) is 0.365. The van der Waals surface area contributed by atoms with Crippen LogP contribution in [0.2, 0.25) is 0 Å². The minimum atomic E-state index is -0.617. The molecule has 0 aromatic carbocycles. The van der Waals surface area contributed by atoms with Crippen molar-refractivity contribution in [1.82, 2.24) is 10.2 Å². The van der Waals surface area contributed by atoms with E-state index in [9.17, 15) is 0 Å². The van der Waals surface area contributed by atoms with E-state index in [4.69, 9.17) is 5.26 Å². The molecule has 0 aliphatic heterocycles.